The van der Waals surface area contributed by atoms with E-state index in [0.29, 0.717) is 29.3 Å². The summed E-state index contributed by atoms with van der Waals surface area (Å²) in [5.74, 6) is 0.723. The van der Waals surface area contributed by atoms with E-state index in [-0.39, 0.29) is 5.91 Å². The number of nitrogens with zero attached hydrogens (tertiary/aromatic N) is 3. The number of carbonyl (C=O) groups is 1. The molecule has 0 saturated heterocycles. The summed E-state index contributed by atoms with van der Waals surface area (Å²) in [4.78, 5) is 17.3. The Kier molecular flexibility index (Phi) is 6.47. The van der Waals surface area contributed by atoms with Crippen molar-refractivity contribution in [3.8, 4) is 11.3 Å². The second-order valence-corrected chi connectivity index (χ2v) is 9.09. The molecule has 0 aliphatic rings. The number of hydrogen-bond acceptors (Lipinski definition) is 4. The van der Waals surface area contributed by atoms with Crippen molar-refractivity contribution in [2.45, 2.75) is 6.42 Å². The monoisotopic (exact) mass is 533 g/mol. The molecule has 2 aromatic heterocycles. The van der Waals surface area contributed by atoms with Gasteiger partial charge in [0.15, 0.2) is 5.65 Å². The van der Waals surface area contributed by atoms with E-state index in [1.165, 1.54) is 0 Å². The Morgan fingerprint density at radius 3 is 2.62 bits per heavy atom. The van der Waals surface area contributed by atoms with Crippen molar-refractivity contribution in [3.63, 3.8) is 0 Å². The van der Waals surface area contributed by atoms with Crippen molar-refractivity contribution in [2.75, 3.05) is 18.4 Å². The Morgan fingerprint density at radius 1 is 0.971 bits per heavy atom. The molecule has 6 nitrogen and oxygen atoms in total. The molecule has 2 heterocycles. The van der Waals surface area contributed by atoms with Gasteiger partial charge in [0.05, 0.1) is 16.4 Å². The lowest BCUT2D eigenvalue weighted by molar-refractivity contribution is 0.0953. The van der Waals surface area contributed by atoms with Crippen LogP contribution in [0.3, 0.4) is 0 Å². The second-order valence-electron chi connectivity index (χ2n) is 7.83. The number of anilines is 1. The van der Waals surface area contributed by atoms with E-state index < -0.39 is 0 Å². The van der Waals surface area contributed by atoms with E-state index in [4.69, 9.17) is 16.6 Å². The number of carbonyl (C=O) groups excluding carboxylic acids is 1. The fourth-order valence-electron chi connectivity index (χ4n) is 3.81. The number of rotatable bonds is 7. The van der Waals surface area contributed by atoms with Crippen molar-refractivity contribution in [2.24, 2.45) is 0 Å². The number of hydrogen-bond donors (Lipinski definition) is 2. The highest BCUT2D eigenvalue weighted by atomic mass is 79.9. The zero-order valence-corrected chi connectivity index (χ0v) is 20.5. The van der Waals surface area contributed by atoms with Gasteiger partial charge in [0.25, 0.3) is 5.91 Å². The molecule has 2 N–H and O–H groups in total. The van der Waals surface area contributed by atoms with Gasteiger partial charge < -0.3 is 10.6 Å². The first-order chi connectivity index (χ1) is 16.6. The molecule has 0 radical (unpaired) electrons. The fourth-order valence-corrected chi connectivity index (χ4v) is 4.39. The highest BCUT2D eigenvalue weighted by Crippen LogP contribution is 2.30. The SMILES string of the molecule is O=C(NCCCNc1cc(-c2ccccc2Cl)nc2c(Br)cnn12)c1ccc2ccccc2c1. The topological polar surface area (TPSA) is 71.3 Å². The Morgan fingerprint density at radius 2 is 1.76 bits per heavy atom. The third-order valence-electron chi connectivity index (χ3n) is 5.54. The Labute approximate surface area is 210 Å². The van der Waals surface area contributed by atoms with Crippen LogP contribution >= 0.6 is 27.5 Å². The summed E-state index contributed by atoms with van der Waals surface area (Å²) in [7, 11) is 0. The van der Waals surface area contributed by atoms with Crippen LogP contribution in [0.2, 0.25) is 5.02 Å². The molecular weight excluding hydrogens is 514 g/mol. The van der Waals surface area contributed by atoms with Gasteiger partial charge in [-0.05, 0) is 51.3 Å². The number of amides is 1. The van der Waals surface area contributed by atoms with Crippen LogP contribution in [-0.4, -0.2) is 33.6 Å². The van der Waals surface area contributed by atoms with Crippen LogP contribution in [0.1, 0.15) is 16.8 Å². The van der Waals surface area contributed by atoms with Gasteiger partial charge >= 0.3 is 0 Å². The largest absolute Gasteiger partial charge is 0.370 e. The number of fused-ring (bicyclic) bond motifs is 2. The van der Waals surface area contributed by atoms with Gasteiger partial charge in [-0.3, -0.25) is 4.79 Å². The summed E-state index contributed by atoms with van der Waals surface area (Å²) in [5.41, 5.74) is 2.97. The van der Waals surface area contributed by atoms with Crippen molar-refractivity contribution >= 4 is 55.7 Å². The lowest BCUT2D eigenvalue weighted by Crippen LogP contribution is -2.26. The molecule has 0 saturated carbocycles. The molecule has 1 amide bonds. The van der Waals surface area contributed by atoms with Gasteiger partial charge in [-0.15, -0.1) is 0 Å². The van der Waals surface area contributed by atoms with Crippen LogP contribution in [0.25, 0.3) is 27.7 Å². The zero-order chi connectivity index (χ0) is 23.5. The third-order valence-corrected chi connectivity index (χ3v) is 6.42. The molecule has 0 atom stereocenters. The van der Waals surface area contributed by atoms with Gasteiger partial charge in [0.2, 0.25) is 0 Å². The molecule has 34 heavy (non-hydrogen) atoms. The standard InChI is InChI=1S/C26H21BrClN5O/c27-21-16-31-33-24(15-23(32-25(21)33)20-8-3-4-9-22(20)28)29-12-5-13-30-26(34)19-11-10-17-6-1-2-7-18(17)14-19/h1-4,6-11,14-16,29H,5,12-13H2,(H,30,34). The Balaban J connectivity index is 1.24. The Bertz CT molecular complexity index is 1500. The highest BCUT2D eigenvalue weighted by Gasteiger charge is 2.13. The minimum Gasteiger partial charge on any atom is -0.370 e. The molecule has 3 aromatic carbocycles. The number of benzene rings is 3. The molecular formula is C26H21BrClN5O. The van der Waals surface area contributed by atoms with Gasteiger partial charge in [-0.25, -0.2) is 4.98 Å². The van der Waals surface area contributed by atoms with Gasteiger partial charge in [0, 0.05) is 35.3 Å². The molecule has 0 spiro atoms. The first-order valence-electron chi connectivity index (χ1n) is 10.9. The number of aromatic nitrogens is 3. The normalized spacial score (nSPS) is 11.1. The molecule has 5 rings (SSSR count). The minimum atomic E-state index is -0.0749. The third kappa shape index (κ3) is 4.62. The first kappa shape index (κ1) is 22.4. The molecule has 0 aliphatic carbocycles. The van der Waals surface area contributed by atoms with E-state index in [2.05, 4.69) is 31.7 Å². The van der Waals surface area contributed by atoms with Crippen LogP contribution < -0.4 is 10.6 Å². The fraction of sp³-hybridized carbons (Fsp3) is 0.115. The average Bonchev–Trinajstić information content (AvgIpc) is 3.24. The summed E-state index contributed by atoms with van der Waals surface area (Å²) in [6.07, 6.45) is 2.46. The van der Waals surface area contributed by atoms with E-state index in [9.17, 15) is 4.79 Å². The molecule has 0 fully saturated rings. The molecule has 5 aromatic rings. The van der Waals surface area contributed by atoms with Crippen molar-refractivity contribution in [3.05, 3.63) is 94.1 Å². The van der Waals surface area contributed by atoms with Crippen LogP contribution in [-0.2, 0) is 0 Å². The average molecular weight is 535 g/mol. The maximum absolute atomic E-state index is 12.6. The minimum absolute atomic E-state index is 0.0749. The maximum Gasteiger partial charge on any atom is 0.251 e. The number of halogens is 2. The van der Waals surface area contributed by atoms with Gasteiger partial charge in [0.1, 0.15) is 5.82 Å². The first-order valence-corrected chi connectivity index (χ1v) is 12.1. The van der Waals surface area contributed by atoms with E-state index >= 15 is 0 Å². The predicted octanol–water partition coefficient (Wildman–Crippen LogP) is 6.20. The summed E-state index contributed by atoms with van der Waals surface area (Å²) in [6, 6.07) is 23.3. The molecule has 0 unspecified atom stereocenters. The molecule has 0 bridgehead atoms. The molecule has 170 valence electrons. The van der Waals surface area contributed by atoms with Crippen molar-refractivity contribution in [1.82, 2.24) is 19.9 Å². The zero-order valence-electron chi connectivity index (χ0n) is 18.1. The van der Waals surface area contributed by atoms with Crippen molar-refractivity contribution in [1.29, 1.82) is 0 Å². The van der Waals surface area contributed by atoms with E-state index in [1.807, 2.05) is 72.8 Å². The van der Waals surface area contributed by atoms with Crippen molar-refractivity contribution < 1.29 is 4.79 Å². The van der Waals surface area contributed by atoms with Crippen LogP contribution in [0.15, 0.2) is 83.5 Å². The second kappa shape index (κ2) is 9.83. The lowest BCUT2D eigenvalue weighted by atomic mass is 10.1. The van der Waals surface area contributed by atoms with Crippen LogP contribution in [0, 0.1) is 0 Å². The van der Waals surface area contributed by atoms with Gasteiger partial charge in [-0.2, -0.15) is 9.61 Å². The smallest absolute Gasteiger partial charge is 0.251 e. The summed E-state index contributed by atoms with van der Waals surface area (Å²) in [5, 5.41) is 13.6. The quantitative estimate of drug-likeness (QED) is 0.244. The predicted molar refractivity (Wildman–Crippen MR) is 141 cm³/mol. The highest BCUT2D eigenvalue weighted by molar-refractivity contribution is 9.10. The van der Waals surface area contributed by atoms with Crippen LogP contribution in [0.5, 0.6) is 0 Å². The number of nitrogens with one attached hydrogen (secondary N) is 2. The summed E-state index contributed by atoms with van der Waals surface area (Å²) >= 11 is 9.92. The van der Waals surface area contributed by atoms with E-state index in [0.717, 1.165) is 38.7 Å². The molecule has 8 heteroatoms. The Hall–Kier alpha value is -3.42. The van der Waals surface area contributed by atoms with Gasteiger partial charge in [-0.1, -0.05) is 60.1 Å². The van der Waals surface area contributed by atoms with E-state index in [1.54, 1.807) is 10.7 Å². The summed E-state index contributed by atoms with van der Waals surface area (Å²) in [6.45, 7) is 1.20. The lowest BCUT2D eigenvalue weighted by Gasteiger charge is -2.12. The maximum atomic E-state index is 12.6. The van der Waals surface area contributed by atoms with Crippen LogP contribution in [0.4, 0.5) is 5.82 Å². The molecule has 0 aliphatic heterocycles. The summed E-state index contributed by atoms with van der Waals surface area (Å²) < 4.78 is 2.55.